The van der Waals surface area contributed by atoms with E-state index in [1.165, 1.54) is 0 Å². The monoisotopic (exact) mass is 274 g/mol. The fourth-order valence-corrected chi connectivity index (χ4v) is 1.95. The summed E-state index contributed by atoms with van der Waals surface area (Å²) in [5, 5.41) is 1.82. The van der Waals surface area contributed by atoms with Gasteiger partial charge in [-0.1, -0.05) is 6.07 Å². The molecule has 0 fully saturated rings. The van der Waals surface area contributed by atoms with Gasteiger partial charge < -0.3 is 15.8 Å². The molecule has 2 rings (SSSR count). The van der Waals surface area contributed by atoms with Gasteiger partial charge in [-0.3, -0.25) is 4.79 Å². The Morgan fingerprint density at radius 3 is 2.89 bits per heavy atom. The molecule has 19 heavy (non-hydrogen) atoms. The third-order valence-electron chi connectivity index (χ3n) is 2.81. The van der Waals surface area contributed by atoms with Crippen molar-refractivity contribution in [2.24, 2.45) is 0 Å². The van der Waals surface area contributed by atoms with Crippen LogP contribution in [0.2, 0.25) is 0 Å². The van der Waals surface area contributed by atoms with Crippen LogP contribution in [-0.4, -0.2) is 18.6 Å². The molecule has 0 saturated heterocycles. The smallest absolute Gasteiger partial charge is 0.399 e. The van der Waals surface area contributed by atoms with Crippen LogP contribution in [0.15, 0.2) is 18.2 Å². The number of halogens is 3. The minimum atomic E-state index is -4.40. The summed E-state index contributed by atoms with van der Waals surface area (Å²) in [6, 6.07) is 5.15. The summed E-state index contributed by atoms with van der Waals surface area (Å²) in [5.74, 6) is -0.688. The highest BCUT2D eigenvalue weighted by molar-refractivity contribution is 5.77. The number of rotatable bonds is 3. The Balaban J connectivity index is 1.94. The third kappa shape index (κ3) is 3.60. The van der Waals surface area contributed by atoms with Gasteiger partial charge in [0.2, 0.25) is 5.91 Å². The molecular weight excluding hydrogens is 261 g/mol. The minimum Gasteiger partial charge on any atom is -0.399 e. The maximum Gasteiger partial charge on any atom is 0.405 e. The van der Waals surface area contributed by atoms with E-state index >= 15 is 0 Å². The van der Waals surface area contributed by atoms with Crippen LogP contribution in [0.25, 0.3) is 0 Å². The topological polar surface area (TPSA) is 64.3 Å². The largest absolute Gasteiger partial charge is 0.405 e. The lowest BCUT2D eigenvalue weighted by Gasteiger charge is -2.12. The predicted molar refractivity (Wildman–Crippen MR) is 62.1 cm³/mol. The van der Waals surface area contributed by atoms with E-state index in [9.17, 15) is 18.0 Å². The van der Waals surface area contributed by atoms with E-state index in [0.29, 0.717) is 12.3 Å². The maximum atomic E-state index is 12.0. The van der Waals surface area contributed by atoms with Crippen LogP contribution in [0, 0.1) is 0 Å². The number of hydrogen-bond acceptors (Lipinski definition) is 3. The van der Waals surface area contributed by atoms with Crippen LogP contribution in [0.1, 0.15) is 23.7 Å². The normalized spacial score (nSPS) is 18.2. The zero-order valence-corrected chi connectivity index (χ0v) is 9.96. The summed E-state index contributed by atoms with van der Waals surface area (Å²) < 4.78 is 41.2. The Bertz CT molecular complexity index is 488. The zero-order valence-electron chi connectivity index (χ0n) is 9.96. The molecule has 0 saturated carbocycles. The highest BCUT2D eigenvalue weighted by Crippen LogP contribution is 2.34. The molecule has 0 bridgehead atoms. The van der Waals surface area contributed by atoms with Gasteiger partial charge in [0.25, 0.3) is 0 Å². The first-order valence-corrected chi connectivity index (χ1v) is 5.68. The van der Waals surface area contributed by atoms with Crippen molar-refractivity contribution < 1.29 is 22.7 Å². The Labute approximate surface area is 107 Å². The van der Waals surface area contributed by atoms with Gasteiger partial charge in [-0.25, -0.2) is 0 Å². The first-order chi connectivity index (χ1) is 8.85. The zero-order chi connectivity index (χ0) is 14.0. The number of nitrogens with two attached hydrogens (primary N) is 1. The van der Waals surface area contributed by atoms with Crippen LogP contribution in [0.3, 0.4) is 0 Å². The minimum absolute atomic E-state index is 0.132. The third-order valence-corrected chi connectivity index (χ3v) is 2.81. The summed E-state index contributed by atoms with van der Waals surface area (Å²) in [5.41, 5.74) is 7.87. The second-order valence-electron chi connectivity index (χ2n) is 4.35. The van der Waals surface area contributed by atoms with Crippen molar-refractivity contribution in [1.29, 1.82) is 0 Å². The van der Waals surface area contributed by atoms with Gasteiger partial charge in [0, 0.05) is 5.69 Å². The van der Waals surface area contributed by atoms with Gasteiger partial charge >= 0.3 is 6.18 Å². The molecule has 1 aromatic rings. The van der Waals surface area contributed by atoms with E-state index in [-0.39, 0.29) is 6.42 Å². The summed E-state index contributed by atoms with van der Waals surface area (Å²) in [7, 11) is 0. The van der Waals surface area contributed by atoms with E-state index in [2.05, 4.69) is 0 Å². The highest BCUT2D eigenvalue weighted by Gasteiger charge is 2.30. The first-order valence-electron chi connectivity index (χ1n) is 5.68. The van der Waals surface area contributed by atoms with Crippen LogP contribution in [0.5, 0.6) is 0 Å². The Morgan fingerprint density at radius 1 is 1.47 bits per heavy atom. The van der Waals surface area contributed by atoms with Crippen molar-refractivity contribution in [3.63, 3.8) is 0 Å². The number of anilines is 1. The average molecular weight is 274 g/mol. The first kappa shape index (κ1) is 13.7. The molecule has 1 aromatic carbocycles. The Morgan fingerprint density at radius 2 is 2.21 bits per heavy atom. The highest BCUT2D eigenvalue weighted by atomic mass is 19.4. The number of alkyl halides is 3. The molecule has 0 aliphatic carbocycles. The number of carbonyl (C=O) groups is 1. The predicted octanol–water partition coefficient (Wildman–Crippen LogP) is 1.91. The second kappa shape index (κ2) is 5.08. The van der Waals surface area contributed by atoms with Gasteiger partial charge in [0.15, 0.2) is 0 Å². The van der Waals surface area contributed by atoms with Gasteiger partial charge in [0.1, 0.15) is 6.54 Å². The maximum absolute atomic E-state index is 12.0. The molecule has 1 unspecified atom stereocenters. The van der Waals surface area contributed by atoms with Gasteiger partial charge in [-0.15, -0.1) is 0 Å². The molecule has 4 nitrogen and oxygen atoms in total. The van der Waals surface area contributed by atoms with Crippen molar-refractivity contribution in [3.05, 3.63) is 29.3 Å². The molecule has 1 atom stereocenters. The summed E-state index contributed by atoms with van der Waals surface area (Å²) >= 11 is 0. The quantitative estimate of drug-likeness (QED) is 0.827. The molecule has 7 heteroatoms. The van der Waals surface area contributed by atoms with Crippen LogP contribution >= 0.6 is 0 Å². The lowest BCUT2D eigenvalue weighted by Crippen LogP contribution is -2.34. The van der Waals surface area contributed by atoms with E-state index in [4.69, 9.17) is 10.5 Å². The summed E-state index contributed by atoms with van der Waals surface area (Å²) in [4.78, 5) is 11.4. The number of fused-ring (bicyclic) bond motifs is 1. The fourth-order valence-electron chi connectivity index (χ4n) is 1.95. The molecular formula is C12H13F3N2O2. The lowest BCUT2D eigenvalue weighted by atomic mass is 10.0. The Hall–Kier alpha value is -1.76. The van der Waals surface area contributed by atoms with Crippen LogP contribution < -0.4 is 11.1 Å². The number of carbonyl (C=O) groups excluding carboxylic acids is 1. The Kier molecular flexibility index (Phi) is 3.66. The van der Waals surface area contributed by atoms with E-state index in [0.717, 1.165) is 11.1 Å². The fraction of sp³-hybridized carbons (Fsp3) is 0.417. The molecule has 1 heterocycles. The summed E-state index contributed by atoms with van der Waals surface area (Å²) in [6.45, 7) is -1.01. The van der Waals surface area contributed by atoms with E-state index < -0.39 is 24.7 Å². The molecule has 1 aliphatic heterocycles. The molecule has 0 aromatic heterocycles. The molecule has 0 spiro atoms. The number of ether oxygens (including phenoxy) is 1. The van der Waals surface area contributed by atoms with Gasteiger partial charge in [-0.05, 0) is 23.3 Å². The average Bonchev–Trinajstić information content (AvgIpc) is 2.68. The number of amides is 1. The molecule has 3 N–H and O–H groups in total. The van der Waals surface area contributed by atoms with Crippen molar-refractivity contribution in [3.8, 4) is 0 Å². The molecule has 1 aliphatic rings. The standard InChI is InChI=1S/C12H13F3N2O2/c13-12(14,15)6-17-11(18)4-10-9-2-1-8(16)3-7(9)5-19-10/h1-3,10H,4-6,16H2,(H,17,18). The summed E-state index contributed by atoms with van der Waals surface area (Å²) in [6.07, 6.45) is -5.05. The molecule has 0 radical (unpaired) electrons. The van der Waals surface area contributed by atoms with E-state index in [1.807, 2.05) is 5.32 Å². The van der Waals surface area contributed by atoms with Crippen LogP contribution in [-0.2, 0) is 16.1 Å². The molecule has 1 amide bonds. The number of hydrogen-bond donors (Lipinski definition) is 2. The van der Waals surface area contributed by atoms with Gasteiger partial charge in [0.05, 0.1) is 19.1 Å². The van der Waals surface area contributed by atoms with Crippen molar-refractivity contribution in [2.75, 3.05) is 12.3 Å². The van der Waals surface area contributed by atoms with Crippen molar-refractivity contribution in [2.45, 2.75) is 25.3 Å². The molecule has 104 valence electrons. The van der Waals surface area contributed by atoms with Crippen molar-refractivity contribution >= 4 is 11.6 Å². The van der Waals surface area contributed by atoms with Crippen molar-refractivity contribution in [1.82, 2.24) is 5.32 Å². The number of benzene rings is 1. The van der Waals surface area contributed by atoms with Gasteiger partial charge in [-0.2, -0.15) is 13.2 Å². The van der Waals surface area contributed by atoms with Crippen LogP contribution in [0.4, 0.5) is 18.9 Å². The number of nitrogens with one attached hydrogen (secondary N) is 1. The SMILES string of the molecule is Nc1ccc2c(c1)COC2CC(=O)NCC(F)(F)F. The lowest BCUT2D eigenvalue weighted by molar-refractivity contribution is -0.140. The number of nitrogen functional groups attached to an aromatic ring is 1. The second-order valence-corrected chi connectivity index (χ2v) is 4.35. The van der Waals surface area contributed by atoms with E-state index in [1.54, 1.807) is 18.2 Å².